The van der Waals surface area contributed by atoms with Crippen LogP contribution < -0.4 is 0 Å². The van der Waals surface area contributed by atoms with Crippen LogP contribution in [0.2, 0.25) is 0 Å². The number of carbonyl (C=O) groups excluding carboxylic acids is 1. The van der Waals surface area contributed by atoms with Crippen molar-refractivity contribution in [1.29, 1.82) is 0 Å². The Morgan fingerprint density at radius 2 is 2.12 bits per heavy atom. The van der Waals surface area contributed by atoms with Crippen LogP contribution in [0, 0.1) is 5.41 Å². The molecule has 2 fully saturated rings. The lowest BCUT2D eigenvalue weighted by Crippen LogP contribution is -2.47. The largest absolute Gasteiger partial charge is 0.338 e. The van der Waals surface area contributed by atoms with Gasteiger partial charge in [-0.25, -0.2) is 0 Å². The highest BCUT2D eigenvalue weighted by Crippen LogP contribution is 2.41. The predicted molar refractivity (Wildman–Crippen MR) is 95.5 cm³/mol. The summed E-state index contributed by atoms with van der Waals surface area (Å²) in [6.07, 6.45) is 6.79. The van der Waals surface area contributed by atoms with Gasteiger partial charge < -0.3 is 4.90 Å². The molecule has 2 aliphatic rings. The average Bonchev–Trinajstić information content (AvgIpc) is 3.21. The first-order chi connectivity index (χ1) is 11.8. The Morgan fingerprint density at radius 1 is 1.17 bits per heavy atom. The molecular weight excluding hydrogens is 318 g/mol. The van der Waals surface area contributed by atoms with Crippen molar-refractivity contribution in [2.75, 3.05) is 19.6 Å². The van der Waals surface area contributed by atoms with E-state index in [1.54, 1.807) is 17.5 Å². The Morgan fingerprint density at radius 3 is 2.92 bits per heavy atom. The first kappa shape index (κ1) is 15.8. The molecule has 4 nitrogen and oxygen atoms in total. The van der Waals surface area contributed by atoms with Crippen LogP contribution in [0.1, 0.15) is 30.4 Å². The number of hydrogen-bond acceptors (Lipinski definition) is 4. The van der Waals surface area contributed by atoms with E-state index in [0.29, 0.717) is 12.5 Å². The van der Waals surface area contributed by atoms with Gasteiger partial charge in [-0.05, 0) is 59.8 Å². The monoisotopic (exact) mass is 341 g/mol. The number of rotatable bonds is 4. The van der Waals surface area contributed by atoms with E-state index in [9.17, 15) is 4.79 Å². The summed E-state index contributed by atoms with van der Waals surface area (Å²) in [7, 11) is 0. The van der Waals surface area contributed by atoms with Crippen molar-refractivity contribution in [1.82, 2.24) is 14.8 Å². The third-order valence-electron chi connectivity index (χ3n) is 5.34. The molecule has 1 unspecified atom stereocenters. The van der Waals surface area contributed by atoms with Crippen molar-refractivity contribution in [2.45, 2.75) is 32.4 Å². The normalized spacial score (nSPS) is 24.8. The van der Waals surface area contributed by atoms with Gasteiger partial charge in [0.25, 0.3) is 0 Å². The average molecular weight is 341 g/mol. The van der Waals surface area contributed by atoms with E-state index in [2.05, 4.69) is 32.8 Å². The van der Waals surface area contributed by atoms with Gasteiger partial charge in [-0.3, -0.25) is 14.7 Å². The van der Waals surface area contributed by atoms with Crippen molar-refractivity contribution in [2.24, 2.45) is 5.41 Å². The number of nitrogens with zero attached hydrogens (tertiary/aromatic N) is 3. The van der Waals surface area contributed by atoms with Gasteiger partial charge >= 0.3 is 0 Å². The van der Waals surface area contributed by atoms with Crippen LogP contribution in [0.15, 0.2) is 41.4 Å². The highest BCUT2D eigenvalue weighted by Gasteiger charge is 2.48. The molecule has 2 aliphatic heterocycles. The summed E-state index contributed by atoms with van der Waals surface area (Å²) in [5, 5.41) is 4.35. The van der Waals surface area contributed by atoms with Crippen LogP contribution in [-0.2, 0) is 17.9 Å². The van der Waals surface area contributed by atoms with Crippen LogP contribution in [0.3, 0.4) is 0 Å². The van der Waals surface area contributed by atoms with Gasteiger partial charge in [-0.15, -0.1) is 0 Å². The van der Waals surface area contributed by atoms with E-state index < -0.39 is 0 Å². The maximum atomic E-state index is 13.1. The highest BCUT2D eigenvalue weighted by molar-refractivity contribution is 7.07. The topological polar surface area (TPSA) is 36.4 Å². The molecule has 24 heavy (non-hydrogen) atoms. The first-order valence-electron chi connectivity index (χ1n) is 8.67. The zero-order valence-corrected chi connectivity index (χ0v) is 14.7. The number of piperidine rings is 1. The van der Waals surface area contributed by atoms with Crippen molar-refractivity contribution in [3.8, 4) is 0 Å². The van der Waals surface area contributed by atoms with Gasteiger partial charge in [-0.2, -0.15) is 11.3 Å². The summed E-state index contributed by atoms with van der Waals surface area (Å²) in [6, 6.07) is 6.18. The lowest BCUT2D eigenvalue weighted by molar-refractivity contribution is -0.139. The lowest BCUT2D eigenvalue weighted by Gasteiger charge is -2.39. The fourth-order valence-electron chi connectivity index (χ4n) is 4.14. The summed E-state index contributed by atoms with van der Waals surface area (Å²) in [5.41, 5.74) is 2.33. The van der Waals surface area contributed by atoms with Gasteiger partial charge in [0, 0.05) is 38.6 Å². The number of carbonyl (C=O) groups is 1. The minimum absolute atomic E-state index is 0.156. The zero-order chi connectivity index (χ0) is 16.4. The molecule has 2 aromatic heterocycles. The lowest BCUT2D eigenvalue weighted by atomic mass is 9.78. The van der Waals surface area contributed by atoms with Crippen molar-refractivity contribution < 1.29 is 4.79 Å². The molecule has 1 amide bonds. The van der Waals surface area contributed by atoms with Gasteiger partial charge in [0.1, 0.15) is 0 Å². The van der Waals surface area contributed by atoms with Crippen LogP contribution >= 0.6 is 11.3 Å². The Balaban J connectivity index is 1.44. The van der Waals surface area contributed by atoms with Gasteiger partial charge in [0.2, 0.25) is 5.91 Å². The standard InChI is InChI=1S/C19H23N3OS/c23-18-19(6-9-22(18)13-16-3-1-7-20-11-16)5-2-8-21(15-19)12-17-4-10-24-14-17/h1,3-4,7,10-11,14H,2,5-6,8-9,12-13,15H2. The summed E-state index contributed by atoms with van der Waals surface area (Å²) in [6.45, 7) is 4.55. The van der Waals surface area contributed by atoms with E-state index in [4.69, 9.17) is 0 Å². The van der Waals surface area contributed by atoms with Crippen molar-refractivity contribution >= 4 is 17.2 Å². The molecule has 0 aliphatic carbocycles. The van der Waals surface area contributed by atoms with Crippen LogP contribution in [0.5, 0.6) is 0 Å². The molecule has 0 radical (unpaired) electrons. The van der Waals surface area contributed by atoms with E-state index in [-0.39, 0.29) is 5.41 Å². The smallest absolute Gasteiger partial charge is 0.230 e. The quantitative estimate of drug-likeness (QED) is 0.857. The maximum Gasteiger partial charge on any atom is 0.230 e. The number of hydrogen-bond donors (Lipinski definition) is 0. The van der Waals surface area contributed by atoms with Crippen LogP contribution in [0.25, 0.3) is 0 Å². The Labute approximate surface area is 147 Å². The van der Waals surface area contributed by atoms with Gasteiger partial charge in [0.15, 0.2) is 0 Å². The zero-order valence-electron chi connectivity index (χ0n) is 13.9. The summed E-state index contributed by atoms with van der Waals surface area (Å²) in [4.78, 5) is 21.8. The second kappa shape index (κ2) is 6.65. The molecule has 1 atom stereocenters. The van der Waals surface area contributed by atoms with E-state index in [1.807, 2.05) is 17.2 Å². The molecule has 2 aromatic rings. The molecule has 0 bridgehead atoms. The SMILES string of the molecule is O=C1N(Cc2cccnc2)CCC12CCCN(Cc1ccsc1)C2. The minimum atomic E-state index is -0.156. The van der Waals surface area contributed by atoms with E-state index in [0.717, 1.165) is 51.0 Å². The molecule has 0 N–H and O–H groups in total. The summed E-state index contributed by atoms with van der Waals surface area (Å²) < 4.78 is 0. The number of likely N-dealkylation sites (tertiary alicyclic amines) is 2. The molecule has 126 valence electrons. The Hall–Kier alpha value is -1.72. The molecule has 4 rings (SSSR count). The molecule has 2 saturated heterocycles. The molecule has 5 heteroatoms. The minimum Gasteiger partial charge on any atom is -0.338 e. The second-order valence-corrected chi connectivity index (χ2v) is 7.84. The van der Waals surface area contributed by atoms with Crippen molar-refractivity contribution in [3.63, 3.8) is 0 Å². The molecule has 0 saturated carbocycles. The fraction of sp³-hybridized carbons (Fsp3) is 0.474. The van der Waals surface area contributed by atoms with Crippen molar-refractivity contribution in [3.05, 3.63) is 52.5 Å². The molecule has 1 spiro atoms. The third-order valence-corrected chi connectivity index (χ3v) is 6.07. The highest BCUT2D eigenvalue weighted by atomic mass is 32.1. The van der Waals surface area contributed by atoms with Crippen LogP contribution in [-0.4, -0.2) is 40.3 Å². The number of aromatic nitrogens is 1. The fourth-order valence-corrected chi connectivity index (χ4v) is 4.80. The third kappa shape index (κ3) is 3.10. The predicted octanol–water partition coefficient (Wildman–Crippen LogP) is 3.16. The Bertz CT molecular complexity index is 688. The van der Waals surface area contributed by atoms with Gasteiger partial charge in [-0.1, -0.05) is 6.07 Å². The maximum absolute atomic E-state index is 13.1. The number of pyridine rings is 1. The Kier molecular flexibility index (Phi) is 4.37. The first-order valence-corrected chi connectivity index (χ1v) is 9.61. The summed E-state index contributed by atoms with van der Waals surface area (Å²) in [5.74, 6) is 0.348. The second-order valence-electron chi connectivity index (χ2n) is 7.06. The van der Waals surface area contributed by atoms with E-state index >= 15 is 0 Å². The summed E-state index contributed by atoms with van der Waals surface area (Å²) >= 11 is 1.75. The molecule has 0 aromatic carbocycles. The van der Waals surface area contributed by atoms with Crippen LogP contribution in [0.4, 0.5) is 0 Å². The number of amides is 1. The molecule has 4 heterocycles. The number of thiophene rings is 1. The van der Waals surface area contributed by atoms with Gasteiger partial charge in [0.05, 0.1) is 5.41 Å². The van der Waals surface area contributed by atoms with E-state index in [1.165, 1.54) is 5.56 Å². The molecular formula is C19H23N3OS.